The lowest BCUT2D eigenvalue weighted by Gasteiger charge is -2.06. The Kier molecular flexibility index (Phi) is 2.79. The van der Waals surface area contributed by atoms with Gasteiger partial charge in [-0.1, -0.05) is 30.3 Å². The minimum Gasteiger partial charge on any atom is -0.383 e. The summed E-state index contributed by atoms with van der Waals surface area (Å²) in [6, 6.07) is 10.2. The molecule has 0 unspecified atom stereocenters. The zero-order valence-electron chi connectivity index (χ0n) is 10.7. The number of aromatic nitrogens is 4. The molecule has 3 aromatic rings. The maximum atomic E-state index is 6.17. The fourth-order valence-electron chi connectivity index (χ4n) is 2.08. The van der Waals surface area contributed by atoms with Crippen LogP contribution in [0.15, 0.2) is 49.2 Å². The van der Waals surface area contributed by atoms with E-state index < -0.39 is 0 Å². The van der Waals surface area contributed by atoms with E-state index in [1.165, 1.54) is 5.56 Å². The molecule has 0 saturated carbocycles. The molecule has 0 spiro atoms. The van der Waals surface area contributed by atoms with E-state index in [4.69, 9.17) is 5.73 Å². The van der Waals surface area contributed by atoms with Gasteiger partial charge in [0.25, 0.3) is 0 Å². The van der Waals surface area contributed by atoms with Gasteiger partial charge in [0, 0.05) is 7.05 Å². The van der Waals surface area contributed by atoms with Crippen LogP contribution in [0, 0.1) is 0 Å². The summed E-state index contributed by atoms with van der Waals surface area (Å²) in [5.74, 6) is 0.660. The van der Waals surface area contributed by atoms with Crippen LogP contribution in [-0.4, -0.2) is 19.1 Å². The van der Waals surface area contributed by atoms with Gasteiger partial charge in [-0.2, -0.15) is 0 Å². The van der Waals surface area contributed by atoms with Gasteiger partial charge in [0.05, 0.1) is 31.1 Å². The van der Waals surface area contributed by atoms with Gasteiger partial charge in [-0.25, -0.2) is 9.97 Å². The van der Waals surface area contributed by atoms with Gasteiger partial charge in [0.15, 0.2) is 0 Å². The lowest BCUT2D eigenvalue weighted by molar-refractivity contribution is 0.808. The number of anilines is 1. The van der Waals surface area contributed by atoms with Gasteiger partial charge in [-0.05, 0) is 5.56 Å². The van der Waals surface area contributed by atoms with Crippen LogP contribution < -0.4 is 5.73 Å². The minimum atomic E-state index is 0.660. The highest BCUT2D eigenvalue weighted by atomic mass is 15.1. The van der Waals surface area contributed by atoms with Crippen LogP contribution in [0.4, 0.5) is 5.82 Å². The molecule has 2 aromatic heterocycles. The van der Waals surface area contributed by atoms with Crippen molar-refractivity contribution in [1.29, 1.82) is 0 Å². The lowest BCUT2D eigenvalue weighted by Crippen LogP contribution is -2.04. The van der Waals surface area contributed by atoms with E-state index in [1.807, 2.05) is 34.4 Å². The van der Waals surface area contributed by atoms with Crippen molar-refractivity contribution in [2.75, 3.05) is 5.73 Å². The van der Waals surface area contributed by atoms with Gasteiger partial charge >= 0.3 is 0 Å². The molecule has 0 aliphatic rings. The number of benzene rings is 1. The van der Waals surface area contributed by atoms with E-state index in [-0.39, 0.29) is 0 Å². The molecule has 0 radical (unpaired) electrons. The molecule has 0 aliphatic carbocycles. The Balaban J connectivity index is 1.94. The number of hydrogen-bond donors (Lipinski definition) is 1. The highest BCUT2D eigenvalue weighted by molar-refractivity contribution is 5.67. The van der Waals surface area contributed by atoms with Crippen LogP contribution in [0.2, 0.25) is 0 Å². The Morgan fingerprint density at radius 3 is 2.63 bits per heavy atom. The predicted octanol–water partition coefficient (Wildman–Crippen LogP) is 1.91. The molecule has 0 fully saturated rings. The molecule has 0 saturated heterocycles. The molecule has 2 heterocycles. The maximum absolute atomic E-state index is 6.17. The number of rotatable bonds is 3. The van der Waals surface area contributed by atoms with Gasteiger partial charge in [-0.15, -0.1) is 0 Å². The summed E-state index contributed by atoms with van der Waals surface area (Å²) in [5, 5.41) is 0. The molecule has 0 atom stereocenters. The molecule has 0 amide bonds. The van der Waals surface area contributed by atoms with Crippen LogP contribution in [0.3, 0.4) is 0 Å². The zero-order chi connectivity index (χ0) is 13.2. The second kappa shape index (κ2) is 4.61. The largest absolute Gasteiger partial charge is 0.383 e. The Hall–Kier alpha value is -2.56. The van der Waals surface area contributed by atoms with E-state index in [9.17, 15) is 0 Å². The normalized spacial score (nSPS) is 10.8. The SMILES string of the molecule is Cn1cncc1-c1ncn(Cc2ccccc2)c1N. The third-order valence-corrected chi connectivity index (χ3v) is 3.13. The smallest absolute Gasteiger partial charge is 0.133 e. The summed E-state index contributed by atoms with van der Waals surface area (Å²) in [5.41, 5.74) is 9.06. The van der Waals surface area contributed by atoms with Crippen LogP contribution in [-0.2, 0) is 13.6 Å². The van der Waals surface area contributed by atoms with Crippen molar-refractivity contribution in [2.24, 2.45) is 7.05 Å². The number of nitrogen functional groups attached to an aromatic ring is 1. The van der Waals surface area contributed by atoms with Crippen molar-refractivity contribution < 1.29 is 0 Å². The van der Waals surface area contributed by atoms with Crippen LogP contribution in [0.5, 0.6) is 0 Å². The second-order valence-corrected chi connectivity index (χ2v) is 4.48. The average Bonchev–Trinajstić information content (AvgIpc) is 2.98. The average molecular weight is 253 g/mol. The topological polar surface area (TPSA) is 61.7 Å². The van der Waals surface area contributed by atoms with Crippen LogP contribution >= 0.6 is 0 Å². The van der Waals surface area contributed by atoms with Crippen LogP contribution in [0.1, 0.15) is 5.56 Å². The summed E-state index contributed by atoms with van der Waals surface area (Å²) in [4.78, 5) is 8.48. The maximum Gasteiger partial charge on any atom is 0.133 e. The van der Waals surface area contributed by atoms with Crippen molar-refractivity contribution in [3.8, 4) is 11.4 Å². The molecule has 0 bridgehead atoms. The van der Waals surface area contributed by atoms with Crippen molar-refractivity contribution in [2.45, 2.75) is 6.54 Å². The summed E-state index contributed by atoms with van der Waals surface area (Å²) in [6.45, 7) is 0.720. The lowest BCUT2D eigenvalue weighted by atomic mass is 10.2. The molecule has 5 nitrogen and oxygen atoms in total. The number of imidazole rings is 2. The molecule has 2 N–H and O–H groups in total. The van der Waals surface area contributed by atoms with E-state index in [2.05, 4.69) is 22.1 Å². The third-order valence-electron chi connectivity index (χ3n) is 3.13. The second-order valence-electron chi connectivity index (χ2n) is 4.48. The zero-order valence-corrected chi connectivity index (χ0v) is 10.7. The molecule has 5 heteroatoms. The first-order valence-electron chi connectivity index (χ1n) is 6.07. The van der Waals surface area contributed by atoms with Crippen molar-refractivity contribution >= 4 is 5.82 Å². The molecular weight excluding hydrogens is 238 g/mol. The molecular formula is C14H15N5. The van der Waals surface area contributed by atoms with Crippen molar-refractivity contribution in [3.05, 3.63) is 54.7 Å². The molecule has 0 aliphatic heterocycles. The number of nitrogens with zero attached hydrogens (tertiary/aromatic N) is 4. The van der Waals surface area contributed by atoms with E-state index in [0.29, 0.717) is 5.82 Å². The highest BCUT2D eigenvalue weighted by Gasteiger charge is 2.12. The predicted molar refractivity (Wildman–Crippen MR) is 74.4 cm³/mol. The fraction of sp³-hybridized carbons (Fsp3) is 0.143. The van der Waals surface area contributed by atoms with Crippen molar-refractivity contribution in [3.63, 3.8) is 0 Å². The molecule has 1 aromatic carbocycles. The molecule has 3 rings (SSSR count). The number of hydrogen-bond acceptors (Lipinski definition) is 3. The molecule has 96 valence electrons. The first kappa shape index (κ1) is 11.5. The summed E-state index contributed by atoms with van der Waals surface area (Å²) in [7, 11) is 1.93. The standard InChI is InChI=1S/C14H15N5/c1-18-9-16-7-12(18)13-14(15)19(10-17-13)8-11-5-3-2-4-6-11/h2-7,9-10H,8,15H2,1H3. The first-order chi connectivity index (χ1) is 9.25. The Labute approximate surface area is 111 Å². The number of aryl methyl sites for hydroxylation is 1. The highest BCUT2D eigenvalue weighted by Crippen LogP contribution is 2.23. The van der Waals surface area contributed by atoms with Crippen molar-refractivity contribution in [1.82, 2.24) is 19.1 Å². The monoisotopic (exact) mass is 253 g/mol. The Morgan fingerprint density at radius 2 is 1.95 bits per heavy atom. The summed E-state index contributed by atoms with van der Waals surface area (Å²) < 4.78 is 3.85. The van der Waals surface area contributed by atoms with Gasteiger partial charge in [0.1, 0.15) is 11.5 Å². The quantitative estimate of drug-likeness (QED) is 0.775. The Bertz CT molecular complexity index is 681. The first-order valence-corrected chi connectivity index (χ1v) is 6.07. The third kappa shape index (κ3) is 2.10. The Morgan fingerprint density at radius 1 is 1.16 bits per heavy atom. The fourth-order valence-corrected chi connectivity index (χ4v) is 2.08. The summed E-state index contributed by atoms with van der Waals surface area (Å²) in [6.07, 6.45) is 5.28. The summed E-state index contributed by atoms with van der Waals surface area (Å²) >= 11 is 0. The van der Waals surface area contributed by atoms with E-state index >= 15 is 0 Å². The minimum absolute atomic E-state index is 0.660. The van der Waals surface area contributed by atoms with Gasteiger partial charge < -0.3 is 14.9 Å². The van der Waals surface area contributed by atoms with Gasteiger partial charge in [-0.3, -0.25) is 0 Å². The van der Waals surface area contributed by atoms with E-state index in [0.717, 1.165) is 17.9 Å². The van der Waals surface area contributed by atoms with E-state index in [1.54, 1.807) is 18.9 Å². The van der Waals surface area contributed by atoms with Gasteiger partial charge in [0.2, 0.25) is 0 Å². The molecule has 19 heavy (non-hydrogen) atoms. The number of nitrogens with two attached hydrogens (primary N) is 1. The van der Waals surface area contributed by atoms with Crippen LogP contribution in [0.25, 0.3) is 11.4 Å².